The molecule has 2 rings (SSSR count). The number of nitrogens with zero attached hydrogens (tertiary/aromatic N) is 1. The van der Waals surface area contributed by atoms with Crippen molar-refractivity contribution >= 4 is 29.0 Å². The Kier molecular flexibility index (Phi) is 3.66. The van der Waals surface area contributed by atoms with Gasteiger partial charge in [0, 0.05) is 28.0 Å². The fraction of sp³-hybridized carbons (Fsp3) is 0.0769. The van der Waals surface area contributed by atoms with Crippen LogP contribution in [0.5, 0.6) is 0 Å². The number of pyridine rings is 1. The second-order valence-corrected chi connectivity index (χ2v) is 4.42. The molecule has 6 heteroatoms. The summed E-state index contributed by atoms with van der Waals surface area (Å²) in [6, 6.07) is 5.62. The fourth-order valence-corrected chi connectivity index (χ4v) is 1.65. The van der Waals surface area contributed by atoms with Crippen molar-refractivity contribution in [2.45, 2.75) is 6.92 Å². The van der Waals surface area contributed by atoms with Gasteiger partial charge in [0.15, 0.2) is 0 Å². The molecule has 0 unspecified atom stereocenters. The van der Waals surface area contributed by atoms with Crippen LogP contribution in [0.3, 0.4) is 0 Å². The fourth-order valence-electron chi connectivity index (χ4n) is 1.49. The second-order valence-electron chi connectivity index (χ2n) is 3.99. The lowest BCUT2D eigenvalue weighted by Crippen LogP contribution is -2.14. The number of aromatic nitrogens is 1. The van der Waals surface area contributed by atoms with E-state index in [9.17, 15) is 9.18 Å². The maximum absolute atomic E-state index is 13.5. The van der Waals surface area contributed by atoms with Gasteiger partial charge in [0.25, 0.3) is 5.91 Å². The number of carbonyl (C=O) groups is 1. The number of anilines is 2. The molecule has 4 nitrogen and oxygen atoms in total. The van der Waals surface area contributed by atoms with Crippen LogP contribution < -0.4 is 11.1 Å². The average Bonchev–Trinajstić information content (AvgIpc) is 2.35. The van der Waals surface area contributed by atoms with Crippen LogP contribution in [-0.4, -0.2) is 10.9 Å². The molecule has 0 bridgehead atoms. The van der Waals surface area contributed by atoms with Gasteiger partial charge in [-0.1, -0.05) is 11.6 Å². The van der Waals surface area contributed by atoms with Crippen LogP contribution >= 0.6 is 11.6 Å². The molecular weight excluding hydrogens is 269 g/mol. The molecule has 0 aliphatic heterocycles. The monoisotopic (exact) mass is 279 g/mol. The first-order chi connectivity index (χ1) is 8.97. The first-order valence-electron chi connectivity index (χ1n) is 5.46. The van der Waals surface area contributed by atoms with Crippen LogP contribution in [0.25, 0.3) is 0 Å². The van der Waals surface area contributed by atoms with E-state index in [1.54, 1.807) is 13.0 Å². The second kappa shape index (κ2) is 5.24. The Bertz CT molecular complexity index is 623. The van der Waals surface area contributed by atoms with Crippen molar-refractivity contribution in [3.8, 4) is 0 Å². The maximum atomic E-state index is 13.5. The largest absolute Gasteiger partial charge is 0.398 e. The van der Waals surface area contributed by atoms with Crippen molar-refractivity contribution in [1.29, 1.82) is 0 Å². The molecule has 3 N–H and O–H groups in total. The third-order valence-corrected chi connectivity index (χ3v) is 2.85. The Morgan fingerprint density at radius 2 is 2.16 bits per heavy atom. The summed E-state index contributed by atoms with van der Waals surface area (Å²) in [6.45, 7) is 1.55. The minimum Gasteiger partial charge on any atom is -0.398 e. The molecule has 0 radical (unpaired) electrons. The molecule has 1 aromatic heterocycles. The van der Waals surface area contributed by atoms with E-state index >= 15 is 0 Å². The molecule has 0 fully saturated rings. The summed E-state index contributed by atoms with van der Waals surface area (Å²) in [5.74, 6) is -0.735. The molecule has 1 amide bonds. The smallest absolute Gasteiger partial charge is 0.256 e. The third kappa shape index (κ3) is 3.00. The van der Waals surface area contributed by atoms with Crippen molar-refractivity contribution in [2.24, 2.45) is 0 Å². The number of nitrogen functional groups attached to an aromatic ring is 1. The SMILES string of the molecule is Cc1c(N)cc(C(=O)Nc2cc(Cl)ccn2)cc1F. The summed E-state index contributed by atoms with van der Waals surface area (Å²) >= 11 is 5.77. The van der Waals surface area contributed by atoms with E-state index in [0.29, 0.717) is 10.6 Å². The van der Waals surface area contributed by atoms with E-state index in [4.69, 9.17) is 17.3 Å². The lowest BCUT2D eigenvalue weighted by Gasteiger charge is -2.07. The maximum Gasteiger partial charge on any atom is 0.256 e. The summed E-state index contributed by atoms with van der Waals surface area (Å²) < 4.78 is 13.5. The molecule has 2 aromatic rings. The highest BCUT2D eigenvalue weighted by atomic mass is 35.5. The van der Waals surface area contributed by atoms with Gasteiger partial charge in [-0.15, -0.1) is 0 Å². The Morgan fingerprint density at radius 3 is 2.79 bits per heavy atom. The zero-order chi connectivity index (χ0) is 14.0. The number of amides is 1. The molecule has 1 heterocycles. The van der Waals surface area contributed by atoms with Crippen LogP contribution in [0.4, 0.5) is 15.9 Å². The van der Waals surface area contributed by atoms with Crippen molar-refractivity contribution < 1.29 is 9.18 Å². The number of benzene rings is 1. The summed E-state index contributed by atoms with van der Waals surface area (Å²) in [7, 11) is 0. The van der Waals surface area contributed by atoms with Crippen molar-refractivity contribution in [3.63, 3.8) is 0 Å². The lowest BCUT2D eigenvalue weighted by molar-refractivity contribution is 0.102. The molecular formula is C13H11ClFN3O. The van der Waals surface area contributed by atoms with Crippen LogP contribution in [0.15, 0.2) is 30.5 Å². The van der Waals surface area contributed by atoms with Gasteiger partial charge in [-0.25, -0.2) is 9.37 Å². The van der Waals surface area contributed by atoms with Crippen LogP contribution in [0.1, 0.15) is 15.9 Å². The standard InChI is InChI=1S/C13H11ClFN3O/c1-7-10(15)4-8(5-11(7)16)13(19)18-12-6-9(14)2-3-17-12/h2-6H,16H2,1H3,(H,17,18,19). The topological polar surface area (TPSA) is 68.0 Å². The zero-order valence-corrected chi connectivity index (χ0v) is 10.8. The highest BCUT2D eigenvalue weighted by Crippen LogP contribution is 2.19. The summed E-state index contributed by atoms with van der Waals surface area (Å²) in [6.07, 6.45) is 1.46. The number of hydrogen-bond acceptors (Lipinski definition) is 3. The predicted octanol–water partition coefficient (Wildman–Crippen LogP) is 3.02. The zero-order valence-electron chi connectivity index (χ0n) is 10.1. The molecule has 1 aromatic carbocycles. The molecule has 98 valence electrons. The van der Waals surface area contributed by atoms with Crippen molar-refractivity contribution in [2.75, 3.05) is 11.1 Å². The molecule has 19 heavy (non-hydrogen) atoms. The minimum absolute atomic E-state index is 0.127. The van der Waals surface area contributed by atoms with E-state index in [-0.39, 0.29) is 17.1 Å². The molecule has 0 aliphatic rings. The van der Waals surface area contributed by atoms with Gasteiger partial charge in [-0.3, -0.25) is 4.79 Å². The van der Waals surface area contributed by atoms with Gasteiger partial charge in [0.1, 0.15) is 11.6 Å². The number of nitrogens with one attached hydrogen (secondary N) is 1. The first-order valence-corrected chi connectivity index (χ1v) is 5.83. The Hall–Kier alpha value is -2.14. The average molecular weight is 280 g/mol. The number of nitrogens with two attached hydrogens (primary N) is 1. The van der Waals surface area contributed by atoms with Crippen molar-refractivity contribution in [1.82, 2.24) is 4.98 Å². The Morgan fingerprint density at radius 1 is 1.42 bits per heavy atom. The first kappa shape index (κ1) is 13.3. The van der Waals surface area contributed by atoms with Gasteiger partial charge < -0.3 is 11.1 Å². The molecule has 0 atom stereocenters. The number of hydrogen-bond donors (Lipinski definition) is 2. The van der Waals surface area contributed by atoms with E-state index in [2.05, 4.69) is 10.3 Å². The number of halogens is 2. The van der Waals surface area contributed by atoms with E-state index in [0.717, 1.165) is 6.07 Å². The van der Waals surface area contributed by atoms with Crippen LogP contribution in [0.2, 0.25) is 5.02 Å². The molecule has 0 aliphatic carbocycles. The van der Waals surface area contributed by atoms with Gasteiger partial charge in [-0.05, 0) is 31.2 Å². The quantitative estimate of drug-likeness (QED) is 0.830. The highest BCUT2D eigenvalue weighted by Gasteiger charge is 2.11. The predicted molar refractivity (Wildman–Crippen MR) is 72.7 cm³/mol. The van der Waals surface area contributed by atoms with E-state index in [1.807, 2.05) is 0 Å². The van der Waals surface area contributed by atoms with Crippen LogP contribution in [0, 0.1) is 12.7 Å². The van der Waals surface area contributed by atoms with Gasteiger partial charge in [-0.2, -0.15) is 0 Å². The molecule has 0 saturated carbocycles. The lowest BCUT2D eigenvalue weighted by atomic mass is 10.1. The van der Waals surface area contributed by atoms with E-state index < -0.39 is 11.7 Å². The van der Waals surface area contributed by atoms with Gasteiger partial charge in [0.2, 0.25) is 0 Å². The number of rotatable bonds is 2. The number of carbonyl (C=O) groups excluding carboxylic acids is 1. The normalized spacial score (nSPS) is 10.3. The van der Waals surface area contributed by atoms with Crippen molar-refractivity contribution in [3.05, 3.63) is 52.4 Å². The van der Waals surface area contributed by atoms with E-state index in [1.165, 1.54) is 18.3 Å². The highest BCUT2D eigenvalue weighted by molar-refractivity contribution is 6.30. The summed E-state index contributed by atoms with van der Waals surface area (Å²) in [5, 5.41) is 2.96. The summed E-state index contributed by atoms with van der Waals surface area (Å²) in [4.78, 5) is 15.9. The molecule has 0 saturated heterocycles. The minimum atomic E-state index is -0.524. The van der Waals surface area contributed by atoms with Gasteiger partial charge >= 0.3 is 0 Å². The summed E-state index contributed by atoms with van der Waals surface area (Å²) in [5.41, 5.74) is 6.29. The third-order valence-electron chi connectivity index (χ3n) is 2.61. The van der Waals surface area contributed by atoms with Crippen LogP contribution in [-0.2, 0) is 0 Å². The Balaban J connectivity index is 2.25. The Labute approximate surface area is 114 Å². The molecule has 0 spiro atoms. The van der Waals surface area contributed by atoms with Gasteiger partial charge in [0.05, 0.1) is 0 Å².